The second kappa shape index (κ2) is 7.40. The highest BCUT2D eigenvalue weighted by molar-refractivity contribution is 6.63. The van der Waals surface area contributed by atoms with Gasteiger partial charge in [0.05, 0.1) is 32.5 Å². The summed E-state index contributed by atoms with van der Waals surface area (Å²) in [6, 6.07) is 6.32. The third-order valence-electron chi connectivity index (χ3n) is 4.47. The number of halogens is 1. The third-order valence-corrected chi connectivity index (χ3v) is 4.66. The Labute approximate surface area is 161 Å². The Morgan fingerprint density at radius 3 is 2.00 bits per heavy atom. The number of hydrogen-bond acceptors (Lipinski definition) is 6. The summed E-state index contributed by atoms with van der Waals surface area (Å²) in [5, 5.41) is -0.478. The highest BCUT2D eigenvalue weighted by Crippen LogP contribution is 2.40. The molecule has 0 aliphatic heterocycles. The van der Waals surface area contributed by atoms with Crippen LogP contribution in [0.5, 0.6) is 17.2 Å². The van der Waals surface area contributed by atoms with Gasteiger partial charge in [0, 0.05) is 23.6 Å². The molecule has 0 bridgehead atoms. The Morgan fingerprint density at radius 2 is 1.44 bits per heavy atom. The molecule has 0 heterocycles. The van der Waals surface area contributed by atoms with Crippen molar-refractivity contribution in [2.45, 2.75) is 12.8 Å². The lowest BCUT2D eigenvalue weighted by Crippen LogP contribution is -2.23. The number of carbonyl (C=O) groups excluding carboxylic acids is 3. The summed E-state index contributed by atoms with van der Waals surface area (Å²) in [5.41, 5.74) is 1.46. The van der Waals surface area contributed by atoms with Crippen molar-refractivity contribution in [3.8, 4) is 17.2 Å². The summed E-state index contributed by atoms with van der Waals surface area (Å²) in [5.74, 6) is 0.231. The van der Waals surface area contributed by atoms with Gasteiger partial charge in [-0.15, -0.1) is 0 Å². The molecule has 0 atom stereocenters. The number of methoxy groups -OCH3 is 3. The Morgan fingerprint density at radius 1 is 0.852 bits per heavy atom. The van der Waals surface area contributed by atoms with E-state index in [-0.39, 0.29) is 51.7 Å². The number of benzene rings is 2. The SMILES string of the molecule is COc1cc(OC)c2c(c1)C(=O)c1cc(CCC(=O)Cl)cc(OC)c1C2=O. The maximum absolute atomic E-state index is 13.2. The lowest BCUT2D eigenvalue weighted by molar-refractivity contribution is -0.111. The van der Waals surface area contributed by atoms with Gasteiger partial charge in [0.15, 0.2) is 5.78 Å². The molecule has 1 aliphatic rings. The van der Waals surface area contributed by atoms with Crippen LogP contribution in [0.15, 0.2) is 24.3 Å². The molecule has 27 heavy (non-hydrogen) atoms. The van der Waals surface area contributed by atoms with E-state index in [2.05, 4.69) is 0 Å². The first-order chi connectivity index (χ1) is 12.9. The number of rotatable bonds is 6. The quantitative estimate of drug-likeness (QED) is 0.603. The van der Waals surface area contributed by atoms with Crippen LogP contribution in [0.4, 0.5) is 0 Å². The van der Waals surface area contributed by atoms with Crippen molar-refractivity contribution in [2.24, 2.45) is 0 Å². The lowest BCUT2D eigenvalue weighted by atomic mass is 9.81. The smallest absolute Gasteiger partial charge is 0.221 e. The molecule has 140 valence electrons. The zero-order valence-corrected chi connectivity index (χ0v) is 15.8. The van der Waals surface area contributed by atoms with Crippen LogP contribution in [0.2, 0.25) is 0 Å². The van der Waals surface area contributed by atoms with E-state index < -0.39 is 5.24 Å². The van der Waals surface area contributed by atoms with Gasteiger partial charge in [0.2, 0.25) is 11.0 Å². The van der Waals surface area contributed by atoms with Gasteiger partial charge in [0.1, 0.15) is 17.2 Å². The molecule has 0 radical (unpaired) electrons. The Balaban J connectivity index is 2.21. The summed E-state index contributed by atoms with van der Waals surface area (Å²) in [7, 11) is 4.31. The van der Waals surface area contributed by atoms with Crippen molar-refractivity contribution in [2.75, 3.05) is 21.3 Å². The molecule has 0 N–H and O–H groups in total. The van der Waals surface area contributed by atoms with Crippen molar-refractivity contribution in [1.82, 2.24) is 0 Å². The molecule has 1 aliphatic carbocycles. The van der Waals surface area contributed by atoms with E-state index in [0.29, 0.717) is 17.7 Å². The van der Waals surface area contributed by atoms with E-state index in [1.807, 2.05) is 0 Å². The predicted octanol–water partition coefficient (Wildman–Crippen LogP) is 3.19. The fourth-order valence-corrected chi connectivity index (χ4v) is 3.28. The van der Waals surface area contributed by atoms with Gasteiger partial charge in [0.25, 0.3) is 0 Å². The van der Waals surface area contributed by atoms with E-state index in [4.69, 9.17) is 25.8 Å². The number of aryl methyl sites for hydroxylation is 1. The third kappa shape index (κ3) is 3.28. The van der Waals surface area contributed by atoms with E-state index in [9.17, 15) is 14.4 Å². The molecule has 3 rings (SSSR count). The largest absolute Gasteiger partial charge is 0.497 e. The number of ketones is 2. The second-order valence-corrected chi connectivity index (χ2v) is 6.41. The first kappa shape index (κ1) is 18.9. The Bertz CT molecular complexity index is 963. The minimum absolute atomic E-state index is 0.115. The molecule has 2 aromatic rings. The van der Waals surface area contributed by atoms with Crippen LogP contribution in [0.25, 0.3) is 0 Å². The first-order valence-electron chi connectivity index (χ1n) is 8.15. The highest BCUT2D eigenvalue weighted by Gasteiger charge is 2.36. The summed E-state index contributed by atoms with van der Waals surface area (Å²) in [6.07, 6.45) is 0.450. The fourth-order valence-electron chi connectivity index (χ4n) is 3.19. The van der Waals surface area contributed by atoms with Crippen molar-refractivity contribution in [1.29, 1.82) is 0 Å². The van der Waals surface area contributed by atoms with Crippen molar-refractivity contribution >= 4 is 28.4 Å². The van der Waals surface area contributed by atoms with Crippen LogP contribution >= 0.6 is 11.6 Å². The van der Waals surface area contributed by atoms with Crippen molar-refractivity contribution in [3.05, 3.63) is 52.1 Å². The molecule has 0 amide bonds. The number of carbonyl (C=O) groups is 3. The zero-order valence-electron chi connectivity index (χ0n) is 15.1. The number of fused-ring (bicyclic) bond motifs is 2. The number of hydrogen-bond donors (Lipinski definition) is 0. The normalized spacial score (nSPS) is 12.3. The van der Waals surface area contributed by atoms with E-state index in [1.54, 1.807) is 18.2 Å². The summed E-state index contributed by atoms with van der Waals surface area (Å²) >= 11 is 5.41. The average Bonchev–Trinajstić information content (AvgIpc) is 2.68. The van der Waals surface area contributed by atoms with Crippen LogP contribution in [0.1, 0.15) is 43.8 Å². The Hall–Kier alpha value is -2.86. The monoisotopic (exact) mass is 388 g/mol. The highest BCUT2D eigenvalue weighted by atomic mass is 35.5. The van der Waals surface area contributed by atoms with Crippen molar-refractivity contribution < 1.29 is 28.6 Å². The van der Waals surface area contributed by atoms with E-state index in [1.165, 1.54) is 27.4 Å². The van der Waals surface area contributed by atoms with Gasteiger partial charge in [-0.1, -0.05) is 0 Å². The minimum Gasteiger partial charge on any atom is -0.497 e. The molecule has 6 nitrogen and oxygen atoms in total. The maximum Gasteiger partial charge on any atom is 0.221 e. The van der Waals surface area contributed by atoms with Gasteiger partial charge in [-0.05, 0) is 41.8 Å². The van der Waals surface area contributed by atoms with Gasteiger partial charge in [-0.3, -0.25) is 14.4 Å². The van der Waals surface area contributed by atoms with Gasteiger partial charge >= 0.3 is 0 Å². The molecule has 7 heteroatoms. The van der Waals surface area contributed by atoms with Crippen molar-refractivity contribution in [3.63, 3.8) is 0 Å². The molecule has 0 spiro atoms. The Kier molecular flexibility index (Phi) is 5.19. The maximum atomic E-state index is 13.2. The zero-order chi connectivity index (χ0) is 19.7. The van der Waals surface area contributed by atoms with E-state index >= 15 is 0 Å². The molecular weight excluding hydrogens is 372 g/mol. The topological polar surface area (TPSA) is 78.9 Å². The average molecular weight is 389 g/mol. The van der Waals surface area contributed by atoms with Crippen LogP contribution in [0.3, 0.4) is 0 Å². The lowest BCUT2D eigenvalue weighted by Gasteiger charge is -2.23. The van der Waals surface area contributed by atoms with Gasteiger partial charge in [-0.2, -0.15) is 0 Å². The minimum atomic E-state index is -0.478. The van der Waals surface area contributed by atoms with Gasteiger partial charge in [-0.25, -0.2) is 0 Å². The van der Waals surface area contributed by atoms with Crippen LogP contribution in [0, 0.1) is 0 Å². The predicted molar refractivity (Wildman–Crippen MR) is 98.6 cm³/mol. The summed E-state index contributed by atoms with van der Waals surface area (Å²) in [6.45, 7) is 0. The molecule has 0 fully saturated rings. The van der Waals surface area contributed by atoms with Gasteiger partial charge < -0.3 is 14.2 Å². The molecule has 2 aromatic carbocycles. The first-order valence-corrected chi connectivity index (χ1v) is 8.53. The summed E-state index contributed by atoms with van der Waals surface area (Å²) < 4.78 is 15.9. The van der Waals surface area contributed by atoms with Crippen LogP contribution in [-0.2, 0) is 11.2 Å². The van der Waals surface area contributed by atoms with Crippen LogP contribution in [-0.4, -0.2) is 38.1 Å². The molecule has 0 saturated carbocycles. The van der Waals surface area contributed by atoms with Crippen LogP contribution < -0.4 is 14.2 Å². The molecular formula is C20H17ClO6. The fraction of sp³-hybridized carbons (Fsp3) is 0.250. The molecule has 0 aromatic heterocycles. The second-order valence-electron chi connectivity index (χ2n) is 5.99. The number of ether oxygens (including phenoxy) is 3. The summed E-state index contributed by atoms with van der Waals surface area (Å²) in [4.78, 5) is 37.4. The standard InChI is InChI=1S/C20H17ClO6/c1-25-11-8-13-18(15(9-11)27-3)20(24)17-12(19(13)23)6-10(4-5-16(21)22)7-14(17)26-2/h6-9H,4-5H2,1-3H3. The van der Waals surface area contributed by atoms with E-state index in [0.717, 1.165) is 0 Å². The molecule has 0 saturated heterocycles. The molecule has 0 unspecified atom stereocenters.